The number of hydrogen-bond acceptors (Lipinski definition) is 5. The molecule has 6 rings (SSSR count). The topological polar surface area (TPSA) is 76.0 Å². The third-order valence-electron chi connectivity index (χ3n) is 6.60. The lowest BCUT2D eigenvalue weighted by Gasteiger charge is -2.26. The van der Waals surface area contributed by atoms with Gasteiger partial charge in [-0.15, -0.1) is 0 Å². The summed E-state index contributed by atoms with van der Waals surface area (Å²) in [5.74, 6) is 0. The highest BCUT2D eigenvalue weighted by Crippen LogP contribution is 2.30. The summed E-state index contributed by atoms with van der Waals surface area (Å²) in [6, 6.07) is 16.5. The van der Waals surface area contributed by atoms with Gasteiger partial charge in [-0.3, -0.25) is 19.4 Å². The molecule has 2 aromatic carbocycles. The molecule has 0 radical (unpaired) electrons. The first-order chi connectivity index (χ1) is 16.2. The van der Waals surface area contributed by atoms with Gasteiger partial charge in [0.25, 0.3) is 0 Å². The van der Waals surface area contributed by atoms with Gasteiger partial charge in [0.1, 0.15) is 0 Å². The van der Waals surface area contributed by atoms with E-state index < -0.39 is 0 Å². The molecular formula is C26H25N5O2. The fraction of sp³-hybridized carbons (Fsp3) is 0.269. The van der Waals surface area contributed by atoms with Crippen molar-refractivity contribution >= 4 is 32.8 Å². The van der Waals surface area contributed by atoms with Gasteiger partial charge in [-0.25, -0.2) is 4.79 Å². The van der Waals surface area contributed by atoms with Crippen molar-refractivity contribution in [3.8, 4) is 11.1 Å². The number of aryl methyl sites for hydroxylation is 1. The van der Waals surface area contributed by atoms with E-state index in [-0.39, 0.29) is 5.69 Å². The summed E-state index contributed by atoms with van der Waals surface area (Å²) in [6.07, 6.45) is 2.69. The van der Waals surface area contributed by atoms with Crippen LogP contribution in [0.3, 0.4) is 0 Å². The molecule has 33 heavy (non-hydrogen) atoms. The van der Waals surface area contributed by atoms with Crippen molar-refractivity contribution in [3.05, 3.63) is 70.9 Å². The predicted molar refractivity (Wildman–Crippen MR) is 131 cm³/mol. The molecule has 1 saturated heterocycles. The molecule has 0 bridgehead atoms. The summed E-state index contributed by atoms with van der Waals surface area (Å²) in [5, 5.41) is 2.05. The number of H-pyrrole nitrogens is 1. The number of fused-ring (bicyclic) bond motifs is 4. The van der Waals surface area contributed by atoms with Gasteiger partial charge in [0, 0.05) is 55.6 Å². The monoisotopic (exact) mass is 439 g/mol. The fourth-order valence-corrected chi connectivity index (χ4v) is 4.76. The fourth-order valence-electron chi connectivity index (χ4n) is 4.76. The van der Waals surface area contributed by atoms with Gasteiger partial charge in [-0.2, -0.15) is 0 Å². The zero-order chi connectivity index (χ0) is 22.4. The molecule has 0 aliphatic carbocycles. The summed E-state index contributed by atoms with van der Waals surface area (Å²) in [5.41, 5.74) is 6.51. The largest absolute Gasteiger partial charge is 0.379 e. The van der Waals surface area contributed by atoms with E-state index in [1.165, 1.54) is 0 Å². The van der Waals surface area contributed by atoms with E-state index in [1.807, 2.05) is 37.5 Å². The van der Waals surface area contributed by atoms with Crippen LogP contribution in [0, 0.1) is 0 Å². The van der Waals surface area contributed by atoms with E-state index in [2.05, 4.69) is 39.1 Å². The van der Waals surface area contributed by atoms with E-state index in [4.69, 9.17) is 9.72 Å². The average Bonchev–Trinajstić information content (AvgIpc) is 3.17. The number of nitrogens with zero attached hydrogens (tertiary/aromatic N) is 4. The Kier molecular flexibility index (Phi) is 4.93. The van der Waals surface area contributed by atoms with Gasteiger partial charge in [0.15, 0.2) is 0 Å². The predicted octanol–water partition coefficient (Wildman–Crippen LogP) is 3.50. The third-order valence-corrected chi connectivity index (χ3v) is 6.60. The van der Waals surface area contributed by atoms with E-state index in [0.717, 1.165) is 88.9 Å². The lowest BCUT2D eigenvalue weighted by molar-refractivity contribution is 0.0384. The molecule has 1 N–H and O–H groups in total. The number of aromatic amines is 1. The zero-order valence-corrected chi connectivity index (χ0v) is 18.5. The summed E-state index contributed by atoms with van der Waals surface area (Å²) < 4.78 is 7.14. The molecule has 3 aromatic heterocycles. The van der Waals surface area contributed by atoms with Crippen LogP contribution in [0.5, 0.6) is 0 Å². The van der Waals surface area contributed by atoms with Crippen molar-refractivity contribution in [1.82, 2.24) is 24.4 Å². The Labute approximate surface area is 190 Å². The zero-order valence-electron chi connectivity index (χ0n) is 18.5. The Morgan fingerprint density at radius 2 is 1.88 bits per heavy atom. The molecule has 7 heteroatoms. The normalized spacial score (nSPS) is 15.1. The molecule has 1 aliphatic rings. The second kappa shape index (κ2) is 8.10. The van der Waals surface area contributed by atoms with E-state index in [0.29, 0.717) is 0 Å². The highest BCUT2D eigenvalue weighted by Gasteiger charge is 2.17. The van der Waals surface area contributed by atoms with Gasteiger partial charge in [0.05, 0.1) is 41.0 Å². The SMILES string of the molecule is Cn1c(=O)[nH]c2c3cc(-c4cnc5ccccc5c4)ccc3nc(CCN3CCOCC3)c21. The average molecular weight is 440 g/mol. The minimum atomic E-state index is -0.121. The number of imidazole rings is 1. The molecule has 166 valence electrons. The van der Waals surface area contributed by atoms with E-state index in [9.17, 15) is 4.79 Å². The third kappa shape index (κ3) is 3.59. The summed E-state index contributed by atoms with van der Waals surface area (Å²) >= 11 is 0. The number of aromatic nitrogens is 4. The Morgan fingerprint density at radius 1 is 1.03 bits per heavy atom. The molecule has 7 nitrogen and oxygen atoms in total. The van der Waals surface area contributed by atoms with Crippen LogP contribution < -0.4 is 5.69 Å². The quantitative estimate of drug-likeness (QED) is 0.464. The van der Waals surface area contributed by atoms with Crippen molar-refractivity contribution in [2.75, 3.05) is 32.8 Å². The summed E-state index contributed by atoms with van der Waals surface area (Å²) in [6.45, 7) is 4.32. The minimum absolute atomic E-state index is 0.121. The standard InChI is InChI=1S/C26H25N5O2/c1-30-25-23(8-9-31-10-12-33-13-11-31)28-22-7-6-17(15-20(22)24(25)29-26(30)32)19-14-18-4-2-3-5-21(18)27-16-19/h2-7,14-16H,8-13H2,1H3,(H,29,32). The van der Waals surface area contributed by atoms with Gasteiger partial charge >= 0.3 is 5.69 Å². The molecule has 5 aromatic rings. The van der Waals surface area contributed by atoms with Crippen LogP contribution in [-0.4, -0.2) is 57.3 Å². The summed E-state index contributed by atoms with van der Waals surface area (Å²) in [4.78, 5) is 27.7. The minimum Gasteiger partial charge on any atom is -0.379 e. The maximum absolute atomic E-state index is 12.6. The van der Waals surface area contributed by atoms with E-state index >= 15 is 0 Å². The lowest BCUT2D eigenvalue weighted by Crippen LogP contribution is -2.37. The Hall–Kier alpha value is -3.55. The number of pyridine rings is 2. The molecule has 4 heterocycles. The molecule has 1 fully saturated rings. The summed E-state index contributed by atoms with van der Waals surface area (Å²) in [7, 11) is 1.81. The highest BCUT2D eigenvalue weighted by atomic mass is 16.5. The van der Waals surface area contributed by atoms with Crippen molar-refractivity contribution in [2.24, 2.45) is 7.05 Å². The second-order valence-electron chi connectivity index (χ2n) is 8.62. The van der Waals surface area contributed by atoms with Gasteiger partial charge in [0.2, 0.25) is 0 Å². The van der Waals surface area contributed by atoms with Crippen LogP contribution >= 0.6 is 0 Å². The van der Waals surface area contributed by atoms with Crippen LogP contribution in [0.25, 0.3) is 44.0 Å². The molecule has 0 atom stereocenters. The number of benzene rings is 2. The van der Waals surface area contributed by atoms with Crippen molar-refractivity contribution in [1.29, 1.82) is 0 Å². The Balaban J connectivity index is 1.45. The van der Waals surface area contributed by atoms with Crippen molar-refractivity contribution < 1.29 is 4.74 Å². The van der Waals surface area contributed by atoms with E-state index in [1.54, 1.807) is 4.57 Å². The Bertz CT molecular complexity index is 1550. The smallest absolute Gasteiger partial charge is 0.326 e. The first kappa shape index (κ1) is 20.1. The molecular weight excluding hydrogens is 414 g/mol. The number of ether oxygens (including phenoxy) is 1. The van der Waals surface area contributed by atoms with Gasteiger partial charge in [-0.1, -0.05) is 24.3 Å². The molecule has 0 unspecified atom stereocenters. The molecule has 0 amide bonds. The number of nitrogens with one attached hydrogen (secondary N) is 1. The van der Waals surface area contributed by atoms with Gasteiger partial charge < -0.3 is 9.72 Å². The van der Waals surface area contributed by atoms with Crippen LogP contribution in [0.15, 0.2) is 59.5 Å². The van der Waals surface area contributed by atoms with Crippen molar-refractivity contribution in [3.63, 3.8) is 0 Å². The Morgan fingerprint density at radius 3 is 2.76 bits per heavy atom. The number of para-hydroxylation sites is 1. The van der Waals surface area contributed by atoms with Crippen molar-refractivity contribution in [2.45, 2.75) is 6.42 Å². The van der Waals surface area contributed by atoms with Crippen LogP contribution in [-0.2, 0) is 18.2 Å². The lowest BCUT2D eigenvalue weighted by atomic mass is 10.0. The maximum Gasteiger partial charge on any atom is 0.326 e. The van der Waals surface area contributed by atoms with Gasteiger partial charge in [-0.05, 0) is 29.8 Å². The highest BCUT2D eigenvalue weighted by molar-refractivity contribution is 6.05. The van der Waals surface area contributed by atoms with Crippen LogP contribution in [0.1, 0.15) is 5.69 Å². The van der Waals surface area contributed by atoms with Crippen LogP contribution in [0.4, 0.5) is 0 Å². The molecule has 0 saturated carbocycles. The first-order valence-electron chi connectivity index (χ1n) is 11.3. The molecule has 0 spiro atoms. The number of rotatable bonds is 4. The second-order valence-corrected chi connectivity index (χ2v) is 8.62. The first-order valence-corrected chi connectivity index (χ1v) is 11.3. The van der Waals surface area contributed by atoms with Crippen LogP contribution in [0.2, 0.25) is 0 Å². The maximum atomic E-state index is 12.6. The number of hydrogen-bond donors (Lipinski definition) is 1. The number of morpholine rings is 1. The molecule has 1 aliphatic heterocycles.